The lowest BCUT2D eigenvalue weighted by molar-refractivity contribution is -0.117. The second kappa shape index (κ2) is 11.5. The number of imidazole rings is 1. The molecule has 1 aromatic heterocycles. The maximum atomic E-state index is 13.0. The first-order valence-corrected chi connectivity index (χ1v) is 11.7. The normalized spacial score (nSPS) is 15.4. The Bertz CT molecular complexity index is 1330. The van der Waals surface area contributed by atoms with E-state index in [1.54, 1.807) is 30.4 Å². The fourth-order valence-corrected chi connectivity index (χ4v) is 4.00. The predicted molar refractivity (Wildman–Crippen MR) is 142 cm³/mol. The van der Waals surface area contributed by atoms with E-state index in [1.807, 2.05) is 38.1 Å². The molecule has 1 aliphatic heterocycles. The number of rotatable bonds is 7. The molecule has 0 radical (unpaired) electrons. The highest BCUT2D eigenvalue weighted by molar-refractivity contribution is 6.32. The summed E-state index contributed by atoms with van der Waals surface area (Å²) in [5, 5.41) is 3.54. The van der Waals surface area contributed by atoms with Gasteiger partial charge in [0.15, 0.2) is 0 Å². The molecule has 0 saturated carbocycles. The Labute approximate surface area is 204 Å². The maximum Gasteiger partial charge on any atom is 0.323 e. The molecule has 1 amide bonds. The summed E-state index contributed by atoms with van der Waals surface area (Å²) < 4.78 is 0. The number of allylic oxidation sites excluding steroid dienone is 4. The van der Waals surface area contributed by atoms with Gasteiger partial charge in [0.25, 0.3) is 0 Å². The van der Waals surface area contributed by atoms with Crippen molar-refractivity contribution in [3.05, 3.63) is 100.0 Å². The first kappa shape index (κ1) is 25.0. The van der Waals surface area contributed by atoms with E-state index in [4.69, 9.17) is 16.6 Å². The minimum atomic E-state index is -0.563. The van der Waals surface area contributed by atoms with Crippen LogP contribution in [0.3, 0.4) is 0 Å². The molecule has 3 N–H and O–H groups in total. The van der Waals surface area contributed by atoms with Crippen LogP contribution in [0.15, 0.2) is 83.1 Å². The van der Waals surface area contributed by atoms with E-state index in [0.29, 0.717) is 33.9 Å². The molecule has 1 atom stereocenters. The molecule has 3 aromatic rings. The van der Waals surface area contributed by atoms with E-state index in [9.17, 15) is 9.59 Å². The van der Waals surface area contributed by atoms with Gasteiger partial charge in [-0.3, -0.25) is 9.79 Å². The Morgan fingerprint density at radius 2 is 1.85 bits per heavy atom. The minimum absolute atomic E-state index is 0.160. The molecule has 7 heteroatoms. The number of benzodiazepines with no additional fused rings is 1. The molecule has 2 heterocycles. The Hall–Kier alpha value is -3.64. The minimum Gasteiger partial charge on any atom is -0.324 e. The van der Waals surface area contributed by atoms with Gasteiger partial charge in [-0.2, -0.15) is 0 Å². The first-order valence-electron chi connectivity index (χ1n) is 11.3. The number of fused-ring (bicyclic) bond motifs is 2. The lowest BCUT2D eigenvalue weighted by Crippen LogP contribution is -2.25. The number of hydrogen-bond acceptors (Lipinski definition) is 3. The van der Waals surface area contributed by atoms with Gasteiger partial charge < -0.3 is 15.3 Å². The molecule has 1 aliphatic rings. The molecule has 0 bridgehead atoms. The zero-order chi connectivity index (χ0) is 24.7. The number of carbonyl (C=O) groups excluding carboxylic acids is 1. The van der Waals surface area contributed by atoms with Gasteiger partial charge in [0.1, 0.15) is 6.04 Å². The highest BCUT2D eigenvalue weighted by atomic mass is 35.5. The van der Waals surface area contributed by atoms with E-state index < -0.39 is 6.04 Å². The van der Waals surface area contributed by atoms with Crippen LogP contribution in [0.25, 0.3) is 11.0 Å². The number of carbonyl (C=O) groups is 1. The number of H-pyrrole nitrogens is 2. The van der Waals surface area contributed by atoms with Crippen molar-refractivity contribution in [2.75, 3.05) is 5.32 Å². The van der Waals surface area contributed by atoms with Gasteiger partial charge in [-0.1, -0.05) is 62.9 Å². The third kappa shape index (κ3) is 5.64. The molecule has 0 fully saturated rings. The van der Waals surface area contributed by atoms with Crippen molar-refractivity contribution in [2.24, 2.45) is 4.99 Å². The number of nitrogens with one attached hydrogen (secondary N) is 3. The molecule has 34 heavy (non-hydrogen) atoms. The Balaban J connectivity index is 0.00000158. The zero-order valence-corrected chi connectivity index (χ0v) is 20.2. The molecule has 4 rings (SSSR count). The number of anilines is 1. The van der Waals surface area contributed by atoms with Crippen LogP contribution in [-0.2, 0) is 4.79 Å². The van der Waals surface area contributed by atoms with E-state index in [1.165, 1.54) is 0 Å². The van der Waals surface area contributed by atoms with Crippen molar-refractivity contribution >= 4 is 39.9 Å². The molecule has 0 spiro atoms. The summed E-state index contributed by atoms with van der Waals surface area (Å²) in [6, 6.07) is 10.3. The number of halogens is 1. The topological polar surface area (TPSA) is 90.1 Å². The van der Waals surface area contributed by atoms with Crippen molar-refractivity contribution in [1.82, 2.24) is 9.97 Å². The number of benzene rings is 2. The smallest absolute Gasteiger partial charge is 0.323 e. The SMILES string of the molecule is C=C/C=C(\C=C)CCCC1N=C(c2ccc3[nH]c(=O)[nH]c3c2)c2cc(Cl)ccc2NC1=O.CC. The van der Waals surface area contributed by atoms with E-state index in [2.05, 4.69) is 28.4 Å². The summed E-state index contributed by atoms with van der Waals surface area (Å²) in [6.45, 7) is 11.5. The molecule has 2 aromatic carbocycles. The van der Waals surface area contributed by atoms with Crippen LogP contribution in [0, 0.1) is 0 Å². The van der Waals surface area contributed by atoms with Gasteiger partial charge in [0, 0.05) is 16.1 Å². The standard InChI is InChI=1S/C25H23ClN4O2.C2H6/c1-3-6-15(4-2)7-5-8-21-24(31)28-19-12-10-17(26)14-18(19)23(27-21)16-9-11-20-22(13-16)30-25(32)29-20;1-2/h3-4,6,9-14,21H,1-2,5,7-8H2,(H,28,31)(H2,29,30,32);1-2H3/b15-6+;. The fraction of sp³-hybridized carbons (Fsp3) is 0.222. The van der Waals surface area contributed by atoms with Crippen molar-refractivity contribution < 1.29 is 4.79 Å². The Morgan fingerprint density at radius 3 is 2.59 bits per heavy atom. The summed E-state index contributed by atoms with van der Waals surface area (Å²) in [5.74, 6) is -0.160. The number of aromatic nitrogens is 2. The largest absolute Gasteiger partial charge is 0.324 e. The van der Waals surface area contributed by atoms with Crippen LogP contribution in [0.4, 0.5) is 5.69 Å². The summed E-state index contributed by atoms with van der Waals surface area (Å²) in [6.07, 6.45) is 7.56. The third-order valence-corrected chi connectivity index (χ3v) is 5.64. The Kier molecular flexibility index (Phi) is 8.44. The van der Waals surface area contributed by atoms with Gasteiger partial charge in [-0.25, -0.2) is 4.79 Å². The molecule has 0 aliphatic carbocycles. The van der Waals surface area contributed by atoms with E-state index >= 15 is 0 Å². The monoisotopic (exact) mass is 476 g/mol. The number of hydrogen-bond donors (Lipinski definition) is 3. The number of aliphatic imine (C=N–C) groups is 1. The zero-order valence-electron chi connectivity index (χ0n) is 19.5. The van der Waals surface area contributed by atoms with Crippen LogP contribution in [0.5, 0.6) is 0 Å². The lowest BCUT2D eigenvalue weighted by atomic mass is 10.00. The van der Waals surface area contributed by atoms with Gasteiger partial charge in [-0.15, -0.1) is 0 Å². The average molecular weight is 477 g/mol. The summed E-state index contributed by atoms with van der Waals surface area (Å²) >= 11 is 6.27. The third-order valence-electron chi connectivity index (χ3n) is 5.41. The average Bonchev–Trinajstić information content (AvgIpc) is 3.15. The molecular formula is C27H29ClN4O2. The second-order valence-corrected chi connectivity index (χ2v) is 8.02. The molecule has 6 nitrogen and oxygen atoms in total. The fourth-order valence-electron chi connectivity index (χ4n) is 3.83. The van der Waals surface area contributed by atoms with Gasteiger partial charge >= 0.3 is 5.69 Å². The van der Waals surface area contributed by atoms with Crippen LogP contribution < -0.4 is 11.0 Å². The second-order valence-electron chi connectivity index (χ2n) is 7.59. The predicted octanol–water partition coefficient (Wildman–Crippen LogP) is 6.16. The maximum absolute atomic E-state index is 13.0. The van der Waals surface area contributed by atoms with Crippen LogP contribution in [-0.4, -0.2) is 27.6 Å². The van der Waals surface area contributed by atoms with E-state index in [-0.39, 0.29) is 11.6 Å². The highest BCUT2D eigenvalue weighted by Crippen LogP contribution is 2.29. The Morgan fingerprint density at radius 1 is 1.09 bits per heavy atom. The molecular weight excluding hydrogens is 448 g/mol. The van der Waals surface area contributed by atoms with Crippen molar-refractivity contribution in [1.29, 1.82) is 0 Å². The number of aromatic amines is 2. The van der Waals surface area contributed by atoms with Gasteiger partial charge in [0.2, 0.25) is 5.91 Å². The van der Waals surface area contributed by atoms with Gasteiger partial charge in [-0.05, 0) is 55.2 Å². The molecule has 0 saturated heterocycles. The van der Waals surface area contributed by atoms with Crippen molar-refractivity contribution in [3.63, 3.8) is 0 Å². The first-order chi connectivity index (χ1) is 16.5. The number of nitrogens with zero attached hydrogens (tertiary/aromatic N) is 1. The quantitative estimate of drug-likeness (QED) is 0.356. The molecule has 176 valence electrons. The highest BCUT2D eigenvalue weighted by Gasteiger charge is 2.26. The summed E-state index contributed by atoms with van der Waals surface area (Å²) in [5.41, 5.74) is 5.00. The van der Waals surface area contributed by atoms with Crippen molar-refractivity contribution in [3.8, 4) is 0 Å². The lowest BCUT2D eigenvalue weighted by Gasteiger charge is -2.11. The van der Waals surface area contributed by atoms with Gasteiger partial charge in [0.05, 0.1) is 22.4 Å². The van der Waals surface area contributed by atoms with Crippen LogP contribution in [0.1, 0.15) is 44.2 Å². The van der Waals surface area contributed by atoms with Crippen molar-refractivity contribution in [2.45, 2.75) is 39.2 Å². The summed E-state index contributed by atoms with van der Waals surface area (Å²) in [4.78, 5) is 35.0. The van der Waals surface area contributed by atoms with Crippen LogP contribution >= 0.6 is 11.6 Å². The van der Waals surface area contributed by atoms with Crippen LogP contribution in [0.2, 0.25) is 5.02 Å². The molecule has 1 unspecified atom stereocenters. The number of amides is 1. The van der Waals surface area contributed by atoms with E-state index in [0.717, 1.165) is 29.5 Å². The summed E-state index contributed by atoms with van der Waals surface area (Å²) in [7, 11) is 0.